The van der Waals surface area contributed by atoms with Crippen LogP contribution in [0.25, 0.3) is 21.7 Å². The zero-order valence-corrected chi connectivity index (χ0v) is 7.64. The van der Waals surface area contributed by atoms with Crippen molar-refractivity contribution in [1.29, 1.82) is 0 Å². The highest BCUT2D eigenvalue weighted by molar-refractivity contribution is 6.05. The first-order valence-corrected chi connectivity index (χ1v) is 4.68. The number of nitrogens with zero attached hydrogens (tertiary/aromatic N) is 1. The number of benzene rings is 2. The Bertz CT molecular complexity index is 544. The minimum Gasteiger partial charge on any atom is -0.256 e. The summed E-state index contributed by atoms with van der Waals surface area (Å²) in [5, 5.41) is 3.70. The second kappa shape index (κ2) is 3.70. The summed E-state index contributed by atoms with van der Waals surface area (Å²) in [6.45, 7) is 0. The van der Waals surface area contributed by atoms with Gasteiger partial charge in [-0.1, -0.05) is 49.9 Å². The van der Waals surface area contributed by atoms with E-state index in [2.05, 4.69) is 35.3 Å². The lowest BCUT2D eigenvalue weighted by Crippen LogP contribution is -1.80. The van der Waals surface area contributed by atoms with E-state index in [1.54, 1.807) is 0 Å². The van der Waals surface area contributed by atoms with Crippen LogP contribution in [0.5, 0.6) is 0 Å². The van der Waals surface area contributed by atoms with Crippen molar-refractivity contribution in [2.24, 2.45) is 0 Å². The summed E-state index contributed by atoms with van der Waals surface area (Å²) in [7, 11) is 0. The Balaban J connectivity index is 0.000000853. The fourth-order valence-corrected chi connectivity index (χ4v) is 1.81. The van der Waals surface area contributed by atoms with E-state index in [4.69, 9.17) is 0 Å². The predicted molar refractivity (Wildman–Crippen MR) is 66.0 cm³/mol. The van der Waals surface area contributed by atoms with Gasteiger partial charge in [-0.2, -0.15) is 0 Å². The largest absolute Gasteiger partial charge is 0.256 e. The second-order valence-electron chi connectivity index (χ2n) is 3.36. The number of pyridine rings is 1. The average Bonchev–Trinajstić information content (AvgIpc) is 2.29. The monoisotopic (exact) mass is 195 g/mol. The Morgan fingerprint density at radius 3 is 2.27 bits per heavy atom. The van der Waals surface area contributed by atoms with E-state index in [1.165, 1.54) is 16.2 Å². The maximum Gasteiger partial charge on any atom is 0.0708 e. The van der Waals surface area contributed by atoms with Crippen LogP contribution in [0.1, 0.15) is 7.43 Å². The van der Waals surface area contributed by atoms with Gasteiger partial charge in [0.2, 0.25) is 0 Å². The molecule has 0 N–H and O–H groups in total. The van der Waals surface area contributed by atoms with Crippen LogP contribution in [0, 0.1) is 0 Å². The summed E-state index contributed by atoms with van der Waals surface area (Å²) in [4.78, 5) is 4.41. The summed E-state index contributed by atoms with van der Waals surface area (Å²) >= 11 is 0. The minimum absolute atomic E-state index is 0. The molecule has 3 rings (SSSR count). The highest BCUT2D eigenvalue weighted by Crippen LogP contribution is 2.22. The number of aromatic nitrogens is 1. The van der Waals surface area contributed by atoms with Gasteiger partial charge in [-0.15, -0.1) is 0 Å². The minimum atomic E-state index is 0. The predicted octanol–water partition coefficient (Wildman–Crippen LogP) is 4.02. The summed E-state index contributed by atoms with van der Waals surface area (Å²) in [6, 6.07) is 16.6. The Kier molecular flexibility index (Phi) is 2.38. The molecule has 1 nitrogen and oxygen atoms in total. The molecule has 0 unspecified atom stereocenters. The molecule has 0 aliphatic heterocycles. The average molecular weight is 195 g/mol. The van der Waals surface area contributed by atoms with Gasteiger partial charge in [0, 0.05) is 17.0 Å². The van der Waals surface area contributed by atoms with E-state index < -0.39 is 0 Å². The molecule has 15 heavy (non-hydrogen) atoms. The van der Waals surface area contributed by atoms with Gasteiger partial charge in [0.15, 0.2) is 0 Å². The van der Waals surface area contributed by atoms with Crippen LogP contribution in [-0.2, 0) is 0 Å². The molecule has 2 aromatic carbocycles. The zero-order valence-electron chi connectivity index (χ0n) is 7.64. The lowest BCUT2D eigenvalue weighted by atomic mass is 10.1. The molecule has 0 spiro atoms. The Morgan fingerprint density at radius 1 is 0.733 bits per heavy atom. The van der Waals surface area contributed by atoms with Gasteiger partial charge < -0.3 is 0 Å². The van der Waals surface area contributed by atoms with E-state index >= 15 is 0 Å². The standard InChI is InChI=1S/C13H9N.CH4/c1-2-6-11-10(5-1)9-14-13-8-4-3-7-12(11)13;/h1-9H;1H4. The lowest BCUT2D eigenvalue weighted by Gasteiger charge is -2.01. The maximum absolute atomic E-state index is 4.41. The number of rotatable bonds is 0. The fraction of sp³-hybridized carbons (Fsp3) is 0.0714. The van der Waals surface area contributed by atoms with Crippen molar-refractivity contribution in [2.75, 3.05) is 0 Å². The summed E-state index contributed by atoms with van der Waals surface area (Å²) in [5.74, 6) is 0. The first-order chi connectivity index (χ1) is 6.95. The molecule has 1 heterocycles. The summed E-state index contributed by atoms with van der Waals surface area (Å²) < 4.78 is 0. The SMILES string of the molecule is C.c1ccc2c(c1)cnc1ccccc12. The third-order valence-electron chi connectivity index (χ3n) is 2.50. The normalized spacial score (nSPS) is 10.1. The topological polar surface area (TPSA) is 12.9 Å². The molecule has 1 aromatic heterocycles. The maximum atomic E-state index is 4.41. The van der Waals surface area contributed by atoms with Gasteiger partial charge in [-0.05, 0) is 11.5 Å². The highest BCUT2D eigenvalue weighted by atomic mass is 14.6. The van der Waals surface area contributed by atoms with E-state index in [9.17, 15) is 0 Å². The molecule has 0 radical (unpaired) electrons. The number of hydrogen-bond donors (Lipinski definition) is 0. The van der Waals surface area contributed by atoms with Crippen LogP contribution in [0.4, 0.5) is 0 Å². The first kappa shape index (κ1) is 9.66. The Hall–Kier alpha value is -1.89. The van der Waals surface area contributed by atoms with Crippen molar-refractivity contribution in [3.63, 3.8) is 0 Å². The quantitative estimate of drug-likeness (QED) is 0.493. The van der Waals surface area contributed by atoms with Crippen molar-refractivity contribution >= 4 is 21.7 Å². The second-order valence-corrected chi connectivity index (χ2v) is 3.36. The first-order valence-electron chi connectivity index (χ1n) is 4.68. The molecular weight excluding hydrogens is 182 g/mol. The Morgan fingerprint density at radius 2 is 1.40 bits per heavy atom. The van der Waals surface area contributed by atoms with E-state index in [1.807, 2.05) is 24.4 Å². The van der Waals surface area contributed by atoms with E-state index in [0.717, 1.165) is 5.52 Å². The molecule has 0 aliphatic carbocycles. The number of hydrogen-bond acceptors (Lipinski definition) is 1. The zero-order chi connectivity index (χ0) is 9.38. The van der Waals surface area contributed by atoms with Gasteiger partial charge in [-0.25, -0.2) is 0 Å². The number of para-hydroxylation sites is 1. The van der Waals surface area contributed by atoms with Gasteiger partial charge in [0.25, 0.3) is 0 Å². The molecule has 1 heteroatoms. The summed E-state index contributed by atoms with van der Waals surface area (Å²) in [5.41, 5.74) is 1.06. The van der Waals surface area contributed by atoms with Gasteiger partial charge >= 0.3 is 0 Å². The van der Waals surface area contributed by atoms with Crippen molar-refractivity contribution in [1.82, 2.24) is 4.98 Å². The molecule has 0 saturated carbocycles. The van der Waals surface area contributed by atoms with Crippen LogP contribution < -0.4 is 0 Å². The molecule has 0 aliphatic rings. The van der Waals surface area contributed by atoms with E-state index in [0.29, 0.717) is 0 Å². The molecule has 0 amide bonds. The molecule has 0 fully saturated rings. The molecule has 74 valence electrons. The Labute approximate surface area is 89.4 Å². The van der Waals surface area contributed by atoms with Crippen LogP contribution in [0.3, 0.4) is 0 Å². The lowest BCUT2D eigenvalue weighted by molar-refractivity contribution is 1.44. The smallest absolute Gasteiger partial charge is 0.0708 e. The van der Waals surface area contributed by atoms with Crippen molar-refractivity contribution in [3.8, 4) is 0 Å². The molecule has 0 atom stereocenters. The van der Waals surface area contributed by atoms with Crippen LogP contribution in [0.2, 0.25) is 0 Å². The fourth-order valence-electron chi connectivity index (χ4n) is 1.81. The number of fused-ring (bicyclic) bond motifs is 3. The van der Waals surface area contributed by atoms with Gasteiger partial charge in [-0.3, -0.25) is 4.98 Å². The highest BCUT2D eigenvalue weighted by Gasteiger charge is 1.98. The summed E-state index contributed by atoms with van der Waals surface area (Å²) in [6.07, 6.45) is 1.93. The van der Waals surface area contributed by atoms with Crippen LogP contribution in [0.15, 0.2) is 54.7 Å². The molecular formula is C14H13N. The van der Waals surface area contributed by atoms with Gasteiger partial charge in [0.05, 0.1) is 5.52 Å². The molecule has 3 aromatic rings. The van der Waals surface area contributed by atoms with Crippen molar-refractivity contribution in [2.45, 2.75) is 7.43 Å². The van der Waals surface area contributed by atoms with Crippen LogP contribution >= 0.6 is 0 Å². The third-order valence-corrected chi connectivity index (χ3v) is 2.50. The molecule has 0 saturated heterocycles. The van der Waals surface area contributed by atoms with Crippen molar-refractivity contribution < 1.29 is 0 Å². The van der Waals surface area contributed by atoms with Crippen molar-refractivity contribution in [3.05, 3.63) is 54.7 Å². The third kappa shape index (κ3) is 1.46. The van der Waals surface area contributed by atoms with Gasteiger partial charge in [0.1, 0.15) is 0 Å². The molecule has 0 bridgehead atoms. The van der Waals surface area contributed by atoms with Crippen LogP contribution in [-0.4, -0.2) is 4.98 Å². The van der Waals surface area contributed by atoms with E-state index in [-0.39, 0.29) is 7.43 Å².